The summed E-state index contributed by atoms with van der Waals surface area (Å²) < 4.78 is 0. The molecule has 1 amide bonds. The molecule has 132 valence electrons. The van der Waals surface area contributed by atoms with Crippen LogP contribution in [0.1, 0.15) is 48.9 Å². The van der Waals surface area contributed by atoms with Gasteiger partial charge in [0.1, 0.15) is 5.37 Å². The van der Waals surface area contributed by atoms with E-state index >= 15 is 0 Å². The van der Waals surface area contributed by atoms with Crippen molar-refractivity contribution in [2.75, 3.05) is 12.3 Å². The summed E-state index contributed by atoms with van der Waals surface area (Å²) in [6.07, 6.45) is -0.666. The van der Waals surface area contributed by atoms with Crippen molar-refractivity contribution in [1.82, 2.24) is 4.90 Å². The molecule has 0 bridgehead atoms. The molecule has 0 radical (unpaired) electrons. The average Bonchev–Trinajstić information content (AvgIpc) is 2.96. The molecule has 1 fully saturated rings. The lowest BCUT2D eigenvalue weighted by Crippen LogP contribution is -2.32. The fraction of sp³-hybridized carbons (Fsp3) is 0.381. The summed E-state index contributed by atoms with van der Waals surface area (Å²) in [5.41, 5.74) is 3.35. The van der Waals surface area contributed by atoms with E-state index in [0.717, 1.165) is 11.1 Å². The molecule has 0 aromatic heterocycles. The number of amides is 1. The van der Waals surface area contributed by atoms with E-state index in [9.17, 15) is 9.90 Å². The SMILES string of the molecule is CC(C)(C)c1ccc([C@@H]2SCC(=O)N2C[C@@H](O)c2ccccc2)cc1. The number of thioether (sulfide) groups is 1. The first kappa shape index (κ1) is 18.0. The van der Waals surface area contributed by atoms with Crippen LogP contribution in [-0.2, 0) is 10.2 Å². The first-order valence-corrected chi connectivity index (χ1v) is 9.65. The van der Waals surface area contributed by atoms with Crippen molar-refractivity contribution in [3.63, 3.8) is 0 Å². The van der Waals surface area contributed by atoms with Gasteiger partial charge in [-0.15, -0.1) is 11.8 Å². The largest absolute Gasteiger partial charge is 0.387 e. The third-order valence-corrected chi connectivity index (χ3v) is 5.84. The lowest BCUT2D eigenvalue weighted by atomic mass is 9.86. The van der Waals surface area contributed by atoms with E-state index < -0.39 is 6.10 Å². The molecule has 3 rings (SSSR count). The highest BCUT2D eigenvalue weighted by molar-refractivity contribution is 8.00. The van der Waals surface area contributed by atoms with Gasteiger partial charge in [0, 0.05) is 0 Å². The number of benzene rings is 2. The minimum Gasteiger partial charge on any atom is -0.387 e. The van der Waals surface area contributed by atoms with E-state index in [1.54, 1.807) is 16.7 Å². The molecule has 1 heterocycles. The van der Waals surface area contributed by atoms with Gasteiger partial charge in [0.15, 0.2) is 0 Å². The Hall–Kier alpha value is -1.78. The Labute approximate surface area is 154 Å². The first-order chi connectivity index (χ1) is 11.9. The summed E-state index contributed by atoms with van der Waals surface area (Å²) in [7, 11) is 0. The Kier molecular flexibility index (Phi) is 5.21. The lowest BCUT2D eigenvalue weighted by Gasteiger charge is -2.27. The van der Waals surface area contributed by atoms with Gasteiger partial charge in [-0.3, -0.25) is 4.79 Å². The van der Waals surface area contributed by atoms with Gasteiger partial charge in [0.2, 0.25) is 5.91 Å². The second kappa shape index (κ2) is 7.22. The standard InChI is InChI=1S/C21H25NO2S/c1-21(2,3)17-11-9-16(10-12-17)20-22(19(24)14-25-20)13-18(23)15-7-5-4-6-8-15/h4-12,18,20,23H,13-14H2,1-3H3/t18-,20+/m1/s1. The minimum absolute atomic E-state index is 0.0279. The van der Waals surface area contributed by atoms with Crippen molar-refractivity contribution >= 4 is 17.7 Å². The quantitative estimate of drug-likeness (QED) is 0.889. The van der Waals surface area contributed by atoms with Crippen LogP contribution in [-0.4, -0.2) is 28.2 Å². The first-order valence-electron chi connectivity index (χ1n) is 8.61. The molecule has 1 aliphatic heterocycles. The molecule has 0 spiro atoms. The Bertz CT molecular complexity index is 722. The molecule has 1 N–H and O–H groups in total. The van der Waals surface area contributed by atoms with Crippen LogP contribution < -0.4 is 0 Å². The molecule has 2 atom stereocenters. The number of aliphatic hydroxyl groups excluding tert-OH is 1. The number of nitrogens with zero attached hydrogens (tertiary/aromatic N) is 1. The third-order valence-electron chi connectivity index (χ3n) is 4.58. The molecule has 0 aliphatic carbocycles. The molecular formula is C21H25NO2S. The van der Waals surface area contributed by atoms with Gasteiger partial charge >= 0.3 is 0 Å². The molecular weight excluding hydrogens is 330 g/mol. The summed E-state index contributed by atoms with van der Waals surface area (Å²) in [5, 5.41) is 10.5. The second-order valence-corrected chi connectivity index (χ2v) is 8.58. The average molecular weight is 356 g/mol. The van der Waals surface area contributed by atoms with Gasteiger partial charge in [-0.05, 0) is 22.1 Å². The summed E-state index contributed by atoms with van der Waals surface area (Å²) in [4.78, 5) is 14.1. The van der Waals surface area contributed by atoms with Gasteiger partial charge < -0.3 is 10.0 Å². The molecule has 2 aromatic carbocycles. The molecule has 2 aromatic rings. The van der Waals surface area contributed by atoms with E-state index in [2.05, 4.69) is 45.0 Å². The number of hydrogen-bond acceptors (Lipinski definition) is 3. The number of β-amino-alcohol motifs (C(OH)–C–C–N with tert-alkyl or cyclic N) is 1. The van der Waals surface area contributed by atoms with Crippen LogP contribution in [0.3, 0.4) is 0 Å². The van der Waals surface area contributed by atoms with E-state index in [-0.39, 0.29) is 16.7 Å². The number of carbonyl (C=O) groups excluding carboxylic acids is 1. The fourth-order valence-corrected chi connectivity index (χ4v) is 4.24. The van der Waals surface area contributed by atoms with Crippen LogP contribution in [0.5, 0.6) is 0 Å². The monoisotopic (exact) mass is 355 g/mol. The van der Waals surface area contributed by atoms with Gasteiger partial charge in [0.25, 0.3) is 0 Å². The number of carbonyl (C=O) groups is 1. The van der Waals surface area contributed by atoms with Crippen molar-refractivity contribution in [1.29, 1.82) is 0 Å². The number of hydrogen-bond donors (Lipinski definition) is 1. The van der Waals surface area contributed by atoms with E-state index in [1.807, 2.05) is 30.3 Å². The molecule has 0 saturated carbocycles. The summed E-state index contributed by atoms with van der Waals surface area (Å²) >= 11 is 1.63. The maximum absolute atomic E-state index is 12.3. The summed E-state index contributed by atoms with van der Waals surface area (Å²) in [5.74, 6) is 0.553. The number of rotatable bonds is 4. The lowest BCUT2D eigenvalue weighted by molar-refractivity contribution is -0.129. The molecule has 1 aliphatic rings. The van der Waals surface area contributed by atoms with Crippen molar-refractivity contribution in [2.24, 2.45) is 0 Å². The minimum atomic E-state index is -0.666. The van der Waals surface area contributed by atoms with Crippen LogP contribution in [0.4, 0.5) is 0 Å². The molecule has 3 nitrogen and oxygen atoms in total. The third kappa shape index (κ3) is 4.07. The zero-order chi connectivity index (χ0) is 18.0. The van der Waals surface area contributed by atoms with Crippen molar-refractivity contribution in [3.8, 4) is 0 Å². The van der Waals surface area contributed by atoms with E-state index in [1.165, 1.54) is 5.56 Å². The maximum atomic E-state index is 12.3. The van der Waals surface area contributed by atoms with Crippen molar-refractivity contribution in [3.05, 3.63) is 71.3 Å². The van der Waals surface area contributed by atoms with Crippen LogP contribution in [0.2, 0.25) is 0 Å². The summed E-state index contributed by atoms with van der Waals surface area (Å²) in [6, 6.07) is 18.0. The topological polar surface area (TPSA) is 40.5 Å². The van der Waals surface area contributed by atoms with Crippen LogP contribution >= 0.6 is 11.8 Å². The zero-order valence-corrected chi connectivity index (χ0v) is 15.8. The predicted molar refractivity (Wildman–Crippen MR) is 103 cm³/mol. The van der Waals surface area contributed by atoms with Crippen molar-refractivity contribution < 1.29 is 9.90 Å². The Balaban J connectivity index is 1.78. The Morgan fingerprint density at radius 1 is 1.12 bits per heavy atom. The second-order valence-electron chi connectivity index (χ2n) is 7.51. The van der Waals surface area contributed by atoms with Gasteiger partial charge in [-0.1, -0.05) is 75.4 Å². The van der Waals surface area contributed by atoms with Gasteiger partial charge in [-0.2, -0.15) is 0 Å². The maximum Gasteiger partial charge on any atom is 0.233 e. The molecule has 1 saturated heterocycles. The number of aliphatic hydroxyl groups is 1. The highest BCUT2D eigenvalue weighted by atomic mass is 32.2. The highest BCUT2D eigenvalue weighted by Gasteiger charge is 2.34. The van der Waals surface area contributed by atoms with E-state index in [4.69, 9.17) is 0 Å². The van der Waals surface area contributed by atoms with Crippen molar-refractivity contribution in [2.45, 2.75) is 37.7 Å². The highest BCUT2D eigenvalue weighted by Crippen LogP contribution is 2.40. The fourth-order valence-electron chi connectivity index (χ4n) is 3.04. The van der Waals surface area contributed by atoms with Crippen LogP contribution in [0, 0.1) is 0 Å². The Morgan fingerprint density at radius 3 is 2.36 bits per heavy atom. The normalized spacial score (nSPS) is 19.3. The van der Waals surface area contributed by atoms with Gasteiger partial charge in [-0.25, -0.2) is 0 Å². The zero-order valence-electron chi connectivity index (χ0n) is 15.0. The molecule has 0 unspecified atom stereocenters. The smallest absolute Gasteiger partial charge is 0.233 e. The Morgan fingerprint density at radius 2 is 1.76 bits per heavy atom. The van der Waals surface area contributed by atoms with Crippen LogP contribution in [0.15, 0.2) is 54.6 Å². The predicted octanol–water partition coefficient (Wildman–Crippen LogP) is 4.29. The molecule has 25 heavy (non-hydrogen) atoms. The van der Waals surface area contributed by atoms with Gasteiger partial charge in [0.05, 0.1) is 18.4 Å². The molecule has 4 heteroatoms. The van der Waals surface area contributed by atoms with E-state index in [0.29, 0.717) is 12.3 Å². The summed E-state index contributed by atoms with van der Waals surface area (Å²) in [6.45, 7) is 6.90. The van der Waals surface area contributed by atoms with Crippen LogP contribution in [0.25, 0.3) is 0 Å².